The predicted octanol–water partition coefficient (Wildman–Crippen LogP) is 3.00. The largest absolute Gasteiger partial charge is 0.508 e. The monoisotopic (exact) mass is 162 g/mol. The van der Waals surface area contributed by atoms with Gasteiger partial charge < -0.3 is 5.11 Å². The fourth-order valence-electron chi connectivity index (χ4n) is 2.22. The standard InChI is InChI=1S/C11H14O/c1-7-5-8(2)11-6-9(12)3-4-10(7)11/h3-4,6-8,12H,5H2,1-2H3. The molecule has 1 aliphatic rings. The molecule has 0 fully saturated rings. The molecule has 0 bridgehead atoms. The number of aromatic hydroxyl groups is 1. The number of phenols is 1. The molecule has 2 atom stereocenters. The second-order valence-corrected chi connectivity index (χ2v) is 3.85. The van der Waals surface area contributed by atoms with E-state index in [1.54, 1.807) is 6.07 Å². The lowest BCUT2D eigenvalue weighted by Gasteiger charge is -2.04. The maximum absolute atomic E-state index is 9.30. The first-order valence-corrected chi connectivity index (χ1v) is 4.51. The first-order valence-electron chi connectivity index (χ1n) is 4.51. The molecule has 12 heavy (non-hydrogen) atoms. The van der Waals surface area contributed by atoms with Crippen molar-refractivity contribution in [2.75, 3.05) is 0 Å². The van der Waals surface area contributed by atoms with E-state index in [0.29, 0.717) is 17.6 Å². The van der Waals surface area contributed by atoms with Gasteiger partial charge in [0, 0.05) is 0 Å². The van der Waals surface area contributed by atoms with E-state index < -0.39 is 0 Å². The molecule has 2 rings (SSSR count). The van der Waals surface area contributed by atoms with E-state index in [-0.39, 0.29) is 0 Å². The van der Waals surface area contributed by atoms with E-state index in [4.69, 9.17) is 0 Å². The van der Waals surface area contributed by atoms with Crippen LogP contribution in [0.3, 0.4) is 0 Å². The molecule has 0 spiro atoms. The van der Waals surface area contributed by atoms with Gasteiger partial charge in [-0.2, -0.15) is 0 Å². The average Bonchev–Trinajstić information content (AvgIpc) is 2.28. The van der Waals surface area contributed by atoms with E-state index in [9.17, 15) is 5.11 Å². The lowest BCUT2D eigenvalue weighted by molar-refractivity contribution is 0.474. The Balaban J connectivity index is 2.53. The van der Waals surface area contributed by atoms with Crippen LogP contribution in [0.1, 0.15) is 43.2 Å². The van der Waals surface area contributed by atoms with Gasteiger partial charge in [-0.25, -0.2) is 0 Å². The van der Waals surface area contributed by atoms with Crippen LogP contribution in [0.5, 0.6) is 5.75 Å². The summed E-state index contributed by atoms with van der Waals surface area (Å²) in [4.78, 5) is 0. The van der Waals surface area contributed by atoms with Crippen molar-refractivity contribution in [1.29, 1.82) is 0 Å². The topological polar surface area (TPSA) is 20.2 Å². The average molecular weight is 162 g/mol. The van der Waals surface area contributed by atoms with Gasteiger partial charge >= 0.3 is 0 Å². The van der Waals surface area contributed by atoms with Crippen LogP contribution >= 0.6 is 0 Å². The van der Waals surface area contributed by atoms with Crippen molar-refractivity contribution in [3.63, 3.8) is 0 Å². The first-order chi connectivity index (χ1) is 5.68. The quantitative estimate of drug-likeness (QED) is 0.621. The highest BCUT2D eigenvalue weighted by Gasteiger charge is 2.24. The summed E-state index contributed by atoms with van der Waals surface area (Å²) in [6, 6.07) is 5.75. The Bertz CT molecular complexity index is 304. The fourth-order valence-corrected chi connectivity index (χ4v) is 2.22. The van der Waals surface area contributed by atoms with Crippen LogP contribution in [-0.4, -0.2) is 5.11 Å². The number of phenolic OH excluding ortho intramolecular Hbond substituents is 1. The van der Waals surface area contributed by atoms with Crippen molar-refractivity contribution in [2.24, 2.45) is 0 Å². The van der Waals surface area contributed by atoms with Gasteiger partial charge in [-0.1, -0.05) is 19.9 Å². The predicted molar refractivity (Wildman–Crippen MR) is 49.6 cm³/mol. The zero-order valence-corrected chi connectivity index (χ0v) is 7.54. The van der Waals surface area contributed by atoms with Crippen LogP contribution in [0.2, 0.25) is 0 Å². The van der Waals surface area contributed by atoms with Crippen LogP contribution in [0.25, 0.3) is 0 Å². The lowest BCUT2D eigenvalue weighted by atomic mass is 10.0. The number of hydrogen-bond acceptors (Lipinski definition) is 1. The SMILES string of the molecule is CC1CC(C)c2cc(O)ccc21. The molecular formula is C11H14O. The second-order valence-electron chi connectivity index (χ2n) is 3.85. The van der Waals surface area contributed by atoms with E-state index >= 15 is 0 Å². The molecule has 1 N–H and O–H groups in total. The number of fused-ring (bicyclic) bond motifs is 1. The molecule has 0 saturated heterocycles. The molecule has 1 aromatic rings. The van der Waals surface area contributed by atoms with Gasteiger partial charge in [0.05, 0.1) is 0 Å². The highest BCUT2D eigenvalue weighted by Crippen LogP contribution is 2.42. The second kappa shape index (κ2) is 2.51. The molecule has 0 saturated carbocycles. The van der Waals surface area contributed by atoms with Crippen molar-refractivity contribution in [2.45, 2.75) is 32.1 Å². The van der Waals surface area contributed by atoms with Crippen molar-refractivity contribution in [3.05, 3.63) is 29.3 Å². The van der Waals surface area contributed by atoms with Crippen LogP contribution < -0.4 is 0 Å². The lowest BCUT2D eigenvalue weighted by Crippen LogP contribution is -1.85. The van der Waals surface area contributed by atoms with Gasteiger partial charge in [0.25, 0.3) is 0 Å². The van der Waals surface area contributed by atoms with Crippen molar-refractivity contribution < 1.29 is 5.11 Å². The van der Waals surface area contributed by atoms with E-state index in [0.717, 1.165) is 0 Å². The third kappa shape index (κ3) is 1.01. The Morgan fingerprint density at radius 3 is 2.58 bits per heavy atom. The molecule has 2 unspecified atom stereocenters. The molecule has 1 aromatic carbocycles. The summed E-state index contributed by atoms with van der Waals surface area (Å²) in [5.74, 6) is 1.67. The molecule has 1 aliphatic carbocycles. The van der Waals surface area contributed by atoms with Gasteiger partial charge in [-0.05, 0) is 41.5 Å². The summed E-state index contributed by atoms with van der Waals surface area (Å²) in [5.41, 5.74) is 2.75. The normalized spacial score (nSPS) is 27.2. The molecule has 0 aliphatic heterocycles. The third-order valence-electron chi connectivity index (χ3n) is 2.84. The van der Waals surface area contributed by atoms with Gasteiger partial charge in [-0.15, -0.1) is 0 Å². The Morgan fingerprint density at radius 2 is 1.83 bits per heavy atom. The molecule has 0 radical (unpaired) electrons. The van der Waals surface area contributed by atoms with E-state index in [1.165, 1.54) is 17.5 Å². The Hall–Kier alpha value is -0.980. The summed E-state index contributed by atoms with van der Waals surface area (Å²) in [6.07, 6.45) is 1.22. The molecule has 1 heteroatoms. The molecular weight excluding hydrogens is 148 g/mol. The smallest absolute Gasteiger partial charge is 0.115 e. The maximum Gasteiger partial charge on any atom is 0.115 e. The highest BCUT2D eigenvalue weighted by molar-refractivity contribution is 5.42. The van der Waals surface area contributed by atoms with E-state index in [2.05, 4.69) is 19.9 Å². The summed E-state index contributed by atoms with van der Waals surface area (Å²) in [7, 11) is 0. The van der Waals surface area contributed by atoms with E-state index in [1.807, 2.05) is 6.07 Å². The minimum atomic E-state index is 0.398. The van der Waals surface area contributed by atoms with Crippen LogP contribution in [-0.2, 0) is 0 Å². The van der Waals surface area contributed by atoms with Crippen molar-refractivity contribution in [1.82, 2.24) is 0 Å². The minimum Gasteiger partial charge on any atom is -0.508 e. The third-order valence-corrected chi connectivity index (χ3v) is 2.84. The van der Waals surface area contributed by atoms with Crippen LogP contribution in [0, 0.1) is 0 Å². The van der Waals surface area contributed by atoms with Gasteiger partial charge in [0.1, 0.15) is 5.75 Å². The van der Waals surface area contributed by atoms with Crippen molar-refractivity contribution in [3.8, 4) is 5.75 Å². The summed E-state index contributed by atoms with van der Waals surface area (Å²) < 4.78 is 0. The summed E-state index contributed by atoms with van der Waals surface area (Å²) >= 11 is 0. The highest BCUT2D eigenvalue weighted by atomic mass is 16.3. The summed E-state index contributed by atoms with van der Waals surface area (Å²) in [5, 5.41) is 9.30. The maximum atomic E-state index is 9.30. The molecule has 0 amide bonds. The van der Waals surface area contributed by atoms with Crippen LogP contribution in [0.4, 0.5) is 0 Å². The Labute approximate surface area is 73.0 Å². The number of hydrogen-bond donors (Lipinski definition) is 1. The Kier molecular flexibility index (Phi) is 1.60. The summed E-state index contributed by atoms with van der Waals surface area (Å²) in [6.45, 7) is 4.47. The number of benzene rings is 1. The number of rotatable bonds is 0. The fraction of sp³-hybridized carbons (Fsp3) is 0.455. The van der Waals surface area contributed by atoms with Gasteiger partial charge in [0.2, 0.25) is 0 Å². The Morgan fingerprint density at radius 1 is 1.17 bits per heavy atom. The zero-order valence-electron chi connectivity index (χ0n) is 7.54. The molecule has 0 heterocycles. The zero-order chi connectivity index (χ0) is 8.72. The molecule has 1 nitrogen and oxygen atoms in total. The van der Waals surface area contributed by atoms with Crippen LogP contribution in [0.15, 0.2) is 18.2 Å². The first kappa shape index (κ1) is 7.66. The van der Waals surface area contributed by atoms with Crippen molar-refractivity contribution >= 4 is 0 Å². The van der Waals surface area contributed by atoms with Gasteiger partial charge in [-0.3, -0.25) is 0 Å². The molecule has 0 aromatic heterocycles. The molecule has 64 valence electrons. The van der Waals surface area contributed by atoms with Gasteiger partial charge in [0.15, 0.2) is 0 Å². The minimum absolute atomic E-state index is 0.398.